The Bertz CT molecular complexity index is 979. The van der Waals surface area contributed by atoms with Crippen LogP contribution >= 0.6 is 0 Å². The molecule has 130 valence electrons. The molecule has 5 rings (SSSR count). The summed E-state index contributed by atoms with van der Waals surface area (Å²) in [6.07, 6.45) is 5.71. The van der Waals surface area contributed by atoms with Crippen molar-refractivity contribution in [2.75, 3.05) is 13.1 Å². The first kappa shape index (κ1) is 15.3. The second-order valence-corrected chi connectivity index (χ2v) is 6.88. The summed E-state index contributed by atoms with van der Waals surface area (Å²) in [5, 5.41) is 10.4. The number of fused-ring (bicyclic) bond motifs is 1. The SMILES string of the molecule is c1ccc2oc(C3(c4ccc(-c5cn[nH]c5)cc4)CCNCC3)nc2c1. The monoisotopic (exact) mass is 344 g/mol. The minimum Gasteiger partial charge on any atom is -0.440 e. The number of rotatable bonds is 3. The number of nitrogens with one attached hydrogen (secondary N) is 2. The van der Waals surface area contributed by atoms with Crippen LogP contribution in [0.5, 0.6) is 0 Å². The van der Waals surface area contributed by atoms with E-state index in [1.807, 2.05) is 36.7 Å². The van der Waals surface area contributed by atoms with Crippen LogP contribution in [0.25, 0.3) is 22.2 Å². The molecule has 1 aliphatic heterocycles. The predicted octanol–water partition coefficient (Wildman–Crippen LogP) is 3.89. The number of H-pyrrole nitrogens is 1. The maximum absolute atomic E-state index is 6.21. The molecule has 2 N–H and O–H groups in total. The van der Waals surface area contributed by atoms with Gasteiger partial charge in [0.1, 0.15) is 5.52 Å². The Kier molecular flexibility index (Phi) is 3.60. The standard InChI is InChI=1S/C21H20N4O/c1-2-4-19-18(3-1)25-20(26-19)21(9-11-22-12-10-21)17-7-5-15(6-8-17)16-13-23-24-14-16/h1-8,13-14,22H,9-12H2,(H,23,24). The maximum atomic E-state index is 6.21. The molecule has 1 fully saturated rings. The second-order valence-electron chi connectivity index (χ2n) is 6.88. The molecule has 3 heterocycles. The zero-order valence-corrected chi connectivity index (χ0v) is 14.4. The zero-order valence-electron chi connectivity index (χ0n) is 14.4. The Morgan fingerprint density at radius 2 is 1.73 bits per heavy atom. The number of aromatic amines is 1. The van der Waals surface area contributed by atoms with E-state index in [-0.39, 0.29) is 5.41 Å². The van der Waals surface area contributed by atoms with Crippen LogP contribution in [0.3, 0.4) is 0 Å². The van der Waals surface area contributed by atoms with E-state index in [0.29, 0.717) is 0 Å². The Morgan fingerprint density at radius 1 is 0.923 bits per heavy atom. The van der Waals surface area contributed by atoms with Gasteiger partial charge in [-0.05, 0) is 49.2 Å². The third-order valence-electron chi connectivity index (χ3n) is 5.43. The van der Waals surface area contributed by atoms with Gasteiger partial charge in [-0.3, -0.25) is 5.10 Å². The minimum absolute atomic E-state index is 0.181. The second kappa shape index (κ2) is 6.11. The molecule has 0 amide bonds. The summed E-state index contributed by atoms with van der Waals surface area (Å²) >= 11 is 0. The molecule has 1 saturated heterocycles. The van der Waals surface area contributed by atoms with E-state index in [4.69, 9.17) is 9.40 Å². The van der Waals surface area contributed by atoms with E-state index in [1.165, 1.54) is 5.56 Å². The van der Waals surface area contributed by atoms with Crippen molar-refractivity contribution < 1.29 is 4.42 Å². The van der Waals surface area contributed by atoms with Gasteiger partial charge in [0.15, 0.2) is 5.58 Å². The van der Waals surface area contributed by atoms with Crippen molar-refractivity contribution in [2.45, 2.75) is 18.3 Å². The molecular weight excluding hydrogens is 324 g/mol. The van der Waals surface area contributed by atoms with Crippen LogP contribution in [-0.4, -0.2) is 28.3 Å². The maximum Gasteiger partial charge on any atom is 0.206 e. The van der Waals surface area contributed by atoms with E-state index in [2.05, 4.69) is 39.8 Å². The summed E-state index contributed by atoms with van der Waals surface area (Å²) in [6, 6.07) is 16.7. The fourth-order valence-electron chi connectivity index (χ4n) is 3.95. The van der Waals surface area contributed by atoms with E-state index < -0.39 is 0 Å². The van der Waals surface area contributed by atoms with Crippen LogP contribution in [0.4, 0.5) is 0 Å². The van der Waals surface area contributed by atoms with Crippen LogP contribution in [0, 0.1) is 0 Å². The number of hydrogen-bond acceptors (Lipinski definition) is 4. The van der Waals surface area contributed by atoms with Crippen LogP contribution < -0.4 is 5.32 Å². The van der Waals surface area contributed by atoms with Crippen molar-refractivity contribution in [1.82, 2.24) is 20.5 Å². The van der Waals surface area contributed by atoms with Gasteiger partial charge >= 0.3 is 0 Å². The molecular formula is C21H20N4O. The van der Waals surface area contributed by atoms with Crippen molar-refractivity contribution in [3.8, 4) is 11.1 Å². The minimum atomic E-state index is -0.181. The number of aromatic nitrogens is 3. The van der Waals surface area contributed by atoms with E-state index in [9.17, 15) is 0 Å². The van der Waals surface area contributed by atoms with Gasteiger partial charge in [0.2, 0.25) is 5.89 Å². The van der Waals surface area contributed by atoms with Gasteiger partial charge in [0.05, 0.1) is 11.6 Å². The summed E-state index contributed by atoms with van der Waals surface area (Å²) in [5.74, 6) is 0.830. The molecule has 0 bridgehead atoms. The predicted molar refractivity (Wildman–Crippen MR) is 101 cm³/mol. The summed E-state index contributed by atoms with van der Waals surface area (Å²) in [4.78, 5) is 4.85. The van der Waals surface area contributed by atoms with Gasteiger partial charge in [-0.15, -0.1) is 0 Å². The lowest BCUT2D eigenvalue weighted by Crippen LogP contribution is -2.41. The summed E-state index contributed by atoms with van der Waals surface area (Å²) in [6.45, 7) is 1.92. The normalized spacial score (nSPS) is 16.8. The van der Waals surface area contributed by atoms with Crippen molar-refractivity contribution in [3.63, 3.8) is 0 Å². The van der Waals surface area contributed by atoms with Crippen molar-refractivity contribution >= 4 is 11.1 Å². The van der Waals surface area contributed by atoms with Crippen molar-refractivity contribution in [1.29, 1.82) is 0 Å². The fourth-order valence-corrected chi connectivity index (χ4v) is 3.95. The molecule has 0 saturated carbocycles. The van der Waals surface area contributed by atoms with E-state index in [0.717, 1.165) is 54.0 Å². The van der Waals surface area contributed by atoms with Crippen LogP contribution in [0.2, 0.25) is 0 Å². The Morgan fingerprint density at radius 3 is 2.46 bits per heavy atom. The first-order valence-corrected chi connectivity index (χ1v) is 9.02. The number of benzene rings is 2. The van der Waals surface area contributed by atoms with Gasteiger partial charge in [-0.25, -0.2) is 4.98 Å². The Labute approximate surface area is 151 Å². The number of hydrogen-bond donors (Lipinski definition) is 2. The molecule has 0 radical (unpaired) electrons. The number of piperidine rings is 1. The topological polar surface area (TPSA) is 66.7 Å². The Hall–Kier alpha value is -2.92. The van der Waals surface area contributed by atoms with Crippen molar-refractivity contribution in [3.05, 3.63) is 72.4 Å². The lowest BCUT2D eigenvalue weighted by atomic mass is 9.73. The highest BCUT2D eigenvalue weighted by atomic mass is 16.3. The average Bonchev–Trinajstić information content (AvgIpc) is 3.39. The molecule has 4 aromatic rings. The Balaban J connectivity index is 1.60. The van der Waals surface area contributed by atoms with Crippen molar-refractivity contribution in [2.24, 2.45) is 0 Å². The molecule has 1 aliphatic rings. The molecule has 0 spiro atoms. The van der Waals surface area contributed by atoms with Gasteiger partial charge in [-0.2, -0.15) is 5.10 Å². The first-order chi connectivity index (χ1) is 12.9. The largest absolute Gasteiger partial charge is 0.440 e. The van der Waals surface area contributed by atoms with Crippen LogP contribution in [-0.2, 0) is 5.41 Å². The molecule has 2 aromatic heterocycles. The quantitative estimate of drug-likeness (QED) is 0.592. The fraction of sp³-hybridized carbons (Fsp3) is 0.238. The molecule has 0 aliphatic carbocycles. The third kappa shape index (κ3) is 2.44. The molecule has 0 unspecified atom stereocenters. The molecule has 5 heteroatoms. The van der Waals surface area contributed by atoms with E-state index in [1.54, 1.807) is 0 Å². The number of oxazole rings is 1. The molecule has 5 nitrogen and oxygen atoms in total. The summed E-state index contributed by atoms with van der Waals surface area (Å²) in [7, 11) is 0. The van der Waals surface area contributed by atoms with Gasteiger partial charge in [0, 0.05) is 11.8 Å². The van der Waals surface area contributed by atoms with Gasteiger partial charge < -0.3 is 9.73 Å². The summed E-state index contributed by atoms with van der Waals surface area (Å²) in [5.41, 5.74) is 5.12. The highest BCUT2D eigenvalue weighted by Gasteiger charge is 2.40. The first-order valence-electron chi connectivity index (χ1n) is 9.02. The zero-order chi connectivity index (χ0) is 17.4. The van der Waals surface area contributed by atoms with Gasteiger partial charge in [0.25, 0.3) is 0 Å². The van der Waals surface area contributed by atoms with E-state index >= 15 is 0 Å². The lowest BCUT2D eigenvalue weighted by molar-refractivity contribution is 0.298. The molecule has 0 atom stereocenters. The van der Waals surface area contributed by atoms with Gasteiger partial charge in [-0.1, -0.05) is 36.4 Å². The highest BCUT2D eigenvalue weighted by molar-refractivity contribution is 5.72. The number of para-hydroxylation sites is 2. The number of nitrogens with zero attached hydrogens (tertiary/aromatic N) is 2. The highest BCUT2D eigenvalue weighted by Crippen LogP contribution is 2.41. The smallest absolute Gasteiger partial charge is 0.206 e. The van der Waals surface area contributed by atoms with Crippen LogP contribution in [0.1, 0.15) is 24.3 Å². The molecule has 2 aromatic carbocycles. The summed E-state index contributed by atoms with van der Waals surface area (Å²) < 4.78 is 6.21. The lowest BCUT2D eigenvalue weighted by Gasteiger charge is -2.35. The average molecular weight is 344 g/mol. The third-order valence-corrected chi connectivity index (χ3v) is 5.43. The van der Waals surface area contributed by atoms with Crippen LogP contribution in [0.15, 0.2) is 65.3 Å². The molecule has 26 heavy (non-hydrogen) atoms.